The van der Waals surface area contributed by atoms with Crippen LogP contribution in [0.2, 0.25) is 0 Å². The first-order chi connectivity index (χ1) is 15.7. The van der Waals surface area contributed by atoms with Gasteiger partial charge in [-0.2, -0.15) is 5.26 Å². The van der Waals surface area contributed by atoms with Crippen molar-refractivity contribution in [2.24, 2.45) is 7.05 Å². The van der Waals surface area contributed by atoms with Crippen molar-refractivity contribution in [2.75, 3.05) is 25.1 Å². The molecule has 1 aliphatic heterocycles. The van der Waals surface area contributed by atoms with Crippen molar-refractivity contribution in [1.29, 1.82) is 5.26 Å². The largest absolute Gasteiger partial charge is 0.494 e. The highest BCUT2D eigenvalue weighted by Gasteiger charge is 2.34. The van der Waals surface area contributed by atoms with Crippen LogP contribution < -0.4 is 15.2 Å². The Hall–Kier alpha value is -3.44. The Kier molecular flexibility index (Phi) is 6.09. The Morgan fingerprint density at radius 1 is 1.18 bits per heavy atom. The molecule has 0 saturated carbocycles. The fourth-order valence-electron chi connectivity index (χ4n) is 4.75. The fraction of sp³-hybridized carbons (Fsp3) is 0.400. The average Bonchev–Trinajstić information content (AvgIpc) is 2.82. The van der Waals surface area contributed by atoms with Gasteiger partial charge in [0.2, 0.25) is 0 Å². The summed E-state index contributed by atoms with van der Waals surface area (Å²) >= 11 is 0. The monoisotopic (exact) mass is 449 g/mol. The number of hydrogen-bond acceptors (Lipinski definition) is 6. The van der Waals surface area contributed by atoms with Gasteiger partial charge in [0.25, 0.3) is 5.56 Å². The third-order valence-corrected chi connectivity index (χ3v) is 6.68. The second-order valence-electron chi connectivity index (χ2n) is 8.72. The summed E-state index contributed by atoms with van der Waals surface area (Å²) in [7, 11) is 3.18. The van der Waals surface area contributed by atoms with E-state index < -0.39 is 0 Å². The highest BCUT2D eigenvalue weighted by molar-refractivity contribution is 5.89. The second kappa shape index (κ2) is 8.83. The predicted molar refractivity (Wildman–Crippen MR) is 126 cm³/mol. The number of pyridine rings is 2. The molecule has 0 amide bonds. The molecule has 0 radical (unpaired) electrons. The smallest absolute Gasteiger partial charge is 0.252 e. The van der Waals surface area contributed by atoms with Gasteiger partial charge in [-0.05, 0) is 50.6 Å². The molecular formula is C25H28FN5O2. The normalized spacial score (nSPS) is 20.0. The molecular weight excluding hydrogens is 421 g/mol. The van der Waals surface area contributed by atoms with Gasteiger partial charge in [0.1, 0.15) is 17.3 Å². The number of piperazine rings is 1. The standard InChI is InChI=1S/C25H28FN5O2/c1-15-14-31(22-11-24(32)29(4)21-9-7-19(12-27)28-25(21)22)16(2)13-30(15)17(3)18-6-8-20(26)23(10-18)33-5/h6-11,15-17H,13-14H2,1-5H3/t15-,16+,17?/m1/s1. The molecule has 1 unspecified atom stereocenters. The molecule has 7 nitrogen and oxygen atoms in total. The molecule has 1 saturated heterocycles. The number of halogens is 1. The van der Waals surface area contributed by atoms with Crippen LogP contribution in [0.15, 0.2) is 41.2 Å². The SMILES string of the molecule is COc1cc(C(C)N2C[C@H](C)N(c3cc(=O)n(C)c4ccc(C#N)nc34)C[C@H]2C)ccc1F. The molecule has 1 fully saturated rings. The van der Waals surface area contributed by atoms with Gasteiger partial charge in [-0.25, -0.2) is 9.37 Å². The number of anilines is 1. The Labute approximate surface area is 192 Å². The zero-order chi connectivity index (χ0) is 23.9. The first-order valence-corrected chi connectivity index (χ1v) is 11.0. The number of nitrogens with zero attached hydrogens (tertiary/aromatic N) is 5. The summed E-state index contributed by atoms with van der Waals surface area (Å²) in [4.78, 5) is 21.8. The number of methoxy groups -OCH3 is 1. The molecule has 172 valence electrons. The van der Waals surface area contributed by atoms with E-state index in [1.54, 1.807) is 41.9 Å². The Morgan fingerprint density at radius 3 is 2.64 bits per heavy atom. The van der Waals surface area contributed by atoms with Gasteiger partial charge in [-0.1, -0.05) is 6.07 Å². The molecule has 1 aliphatic rings. The maximum absolute atomic E-state index is 13.9. The third kappa shape index (κ3) is 4.05. The van der Waals surface area contributed by atoms with Crippen LogP contribution in [0.1, 0.15) is 38.1 Å². The van der Waals surface area contributed by atoms with Crippen LogP contribution in [-0.2, 0) is 7.05 Å². The molecule has 3 atom stereocenters. The average molecular weight is 450 g/mol. The van der Waals surface area contributed by atoms with E-state index in [0.717, 1.165) is 17.8 Å². The molecule has 4 rings (SSSR count). The van der Waals surface area contributed by atoms with Crippen molar-refractivity contribution >= 4 is 16.7 Å². The Morgan fingerprint density at radius 2 is 1.94 bits per heavy atom. The second-order valence-corrected chi connectivity index (χ2v) is 8.72. The van der Waals surface area contributed by atoms with Gasteiger partial charge < -0.3 is 14.2 Å². The van der Waals surface area contributed by atoms with E-state index in [1.165, 1.54) is 13.2 Å². The summed E-state index contributed by atoms with van der Waals surface area (Å²) in [6.45, 7) is 7.81. The maximum atomic E-state index is 13.9. The van der Waals surface area contributed by atoms with Crippen LogP contribution in [-0.4, -0.2) is 46.7 Å². The van der Waals surface area contributed by atoms with Crippen molar-refractivity contribution in [3.05, 3.63) is 63.8 Å². The van der Waals surface area contributed by atoms with Gasteiger partial charge in [0, 0.05) is 44.3 Å². The quantitative estimate of drug-likeness (QED) is 0.606. The molecule has 0 bridgehead atoms. The van der Waals surface area contributed by atoms with Crippen LogP contribution in [0.4, 0.5) is 10.1 Å². The van der Waals surface area contributed by atoms with Gasteiger partial charge in [-0.15, -0.1) is 0 Å². The van der Waals surface area contributed by atoms with Crippen molar-refractivity contribution < 1.29 is 9.13 Å². The lowest BCUT2D eigenvalue weighted by Gasteiger charge is -2.47. The molecule has 0 spiro atoms. The number of nitriles is 1. The van der Waals surface area contributed by atoms with Crippen molar-refractivity contribution in [3.8, 4) is 11.8 Å². The fourth-order valence-corrected chi connectivity index (χ4v) is 4.75. The zero-order valence-electron chi connectivity index (χ0n) is 19.5. The number of benzene rings is 1. The maximum Gasteiger partial charge on any atom is 0.252 e. The van der Waals surface area contributed by atoms with E-state index in [-0.39, 0.29) is 35.3 Å². The summed E-state index contributed by atoms with van der Waals surface area (Å²) in [6.07, 6.45) is 0. The van der Waals surface area contributed by atoms with Crippen molar-refractivity contribution in [1.82, 2.24) is 14.5 Å². The van der Waals surface area contributed by atoms with E-state index in [0.29, 0.717) is 23.3 Å². The molecule has 33 heavy (non-hydrogen) atoms. The third-order valence-electron chi connectivity index (χ3n) is 6.68. The molecule has 3 heterocycles. The number of aromatic nitrogens is 2. The predicted octanol–water partition coefficient (Wildman–Crippen LogP) is 3.61. The molecule has 1 aromatic carbocycles. The Bertz CT molecular complexity index is 1300. The molecule has 0 aliphatic carbocycles. The van der Waals surface area contributed by atoms with Crippen molar-refractivity contribution in [2.45, 2.75) is 38.9 Å². The van der Waals surface area contributed by atoms with E-state index >= 15 is 0 Å². The topological polar surface area (TPSA) is 74.4 Å². The van der Waals surface area contributed by atoms with E-state index in [9.17, 15) is 14.4 Å². The molecule has 8 heteroatoms. The summed E-state index contributed by atoms with van der Waals surface area (Å²) < 4.78 is 20.6. The van der Waals surface area contributed by atoms with Gasteiger partial charge in [0.05, 0.1) is 18.3 Å². The van der Waals surface area contributed by atoms with Crippen LogP contribution >= 0.6 is 0 Å². The lowest BCUT2D eigenvalue weighted by atomic mass is 10.00. The lowest BCUT2D eigenvalue weighted by molar-refractivity contribution is 0.119. The first kappa shape index (κ1) is 22.7. The minimum Gasteiger partial charge on any atom is -0.494 e. The highest BCUT2D eigenvalue weighted by atomic mass is 19.1. The van der Waals surface area contributed by atoms with Crippen LogP contribution in [0.3, 0.4) is 0 Å². The first-order valence-electron chi connectivity index (χ1n) is 11.0. The van der Waals surface area contributed by atoms with Crippen molar-refractivity contribution in [3.63, 3.8) is 0 Å². The molecule has 2 aromatic heterocycles. The zero-order valence-corrected chi connectivity index (χ0v) is 19.5. The number of aryl methyl sites for hydroxylation is 1. The molecule has 0 N–H and O–H groups in total. The minimum absolute atomic E-state index is 0.0582. The van der Waals surface area contributed by atoms with Crippen LogP contribution in [0.5, 0.6) is 5.75 Å². The minimum atomic E-state index is -0.374. The summed E-state index contributed by atoms with van der Waals surface area (Å²) in [5.74, 6) is -0.133. The number of hydrogen-bond donors (Lipinski definition) is 0. The number of rotatable bonds is 4. The summed E-state index contributed by atoms with van der Waals surface area (Å²) in [6, 6.07) is 12.4. The Balaban J connectivity index is 1.68. The lowest BCUT2D eigenvalue weighted by Crippen LogP contribution is -2.57. The summed E-state index contributed by atoms with van der Waals surface area (Å²) in [5.41, 5.74) is 3.30. The van der Waals surface area contributed by atoms with E-state index in [1.807, 2.05) is 0 Å². The van der Waals surface area contributed by atoms with Gasteiger partial charge in [0.15, 0.2) is 11.6 Å². The summed E-state index contributed by atoms with van der Waals surface area (Å²) in [5, 5.41) is 9.34. The van der Waals surface area contributed by atoms with E-state index in [4.69, 9.17) is 4.74 Å². The number of fused-ring (bicyclic) bond motifs is 1. The van der Waals surface area contributed by atoms with Gasteiger partial charge >= 0.3 is 0 Å². The number of ether oxygens (including phenoxy) is 1. The molecule has 3 aromatic rings. The van der Waals surface area contributed by atoms with Crippen LogP contribution in [0, 0.1) is 17.1 Å². The highest BCUT2D eigenvalue weighted by Crippen LogP contribution is 2.33. The van der Waals surface area contributed by atoms with Crippen LogP contribution in [0.25, 0.3) is 11.0 Å². The van der Waals surface area contributed by atoms with E-state index in [2.05, 4.69) is 41.6 Å². The van der Waals surface area contributed by atoms with Gasteiger partial charge in [-0.3, -0.25) is 9.69 Å².